The van der Waals surface area contributed by atoms with Crippen molar-refractivity contribution in [3.05, 3.63) is 88.0 Å². The van der Waals surface area contributed by atoms with Gasteiger partial charge < -0.3 is 5.73 Å². The van der Waals surface area contributed by atoms with E-state index in [0.717, 1.165) is 6.42 Å². The SMILES string of the molecule is CC1=C(c2ccc(Cc3ccc(CN)cc3)cc2C)C=CCC1. The van der Waals surface area contributed by atoms with Crippen LogP contribution in [0.3, 0.4) is 0 Å². The van der Waals surface area contributed by atoms with Gasteiger partial charge in [0.1, 0.15) is 0 Å². The topological polar surface area (TPSA) is 26.0 Å². The maximum Gasteiger partial charge on any atom is 0.0178 e. The molecule has 1 heteroatoms. The van der Waals surface area contributed by atoms with Gasteiger partial charge in [0.2, 0.25) is 0 Å². The van der Waals surface area contributed by atoms with E-state index in [0.29, 0.717) is 6.54 Å². The van der Waals surface area contributed by atoms with Crippen LogP contribution in [-0.2, 0) is 13.0 Å². The van der Waals surface area contributed by atoms with Crippen molar-refractivity contribution in [2.24, 2.45) is 5.73 Å². The molecule has 118 valence electrons. The predicted octanol–water partition coefficient (Wildman–Crippen LogP) is 5.17. The summed E-state index contributed by atoms with van der Waals surface area (Å²) in [6.45, 7) is 5.08. The smallest absolute Gasteiger partial charge is 0.0178 e. The maximum atomic E-state index is 5.66. The van der Waals surface area contributed by atoms with Crippen LogP contribution in [0.1, 0.15) is 47.6 Å². The molecule has 2 aromatic carbocycles. The summed E-state index contributed by atoms with van der Waals surface area (Å²) in [7, 11) is 0. The first-order valence-electron chi connectivity index (χ1n) is 8.41. The fourth-order valence-corrected chi connectivity index (χ4v) is 3.26. The summed E-state index contributed by atoms with van der Waals surface area (Å²) in [6.07, 6.45) is 7.90. The van der Waals surface area contributed by atoms with Crippen LogP contribution in [0.2, 0.25) is 0 Å². The monoisotopic (exact) mass is 303 g/mol. The lowest BCUT2D eigenvalue weighted by atomic mass is 9.89. The van der Waals surface area contributed by atoms with Crippen molar-refractivity contribution >= 4 is 5.57 Å². The molecule has 0 heterocycles. The van der Waals surface area contributed by atoms with Crippen molar-refractivity contribution in [2.45, 2.75) is 39.7 Å². The predicted molar refractivity (Wildman–Crippen MR) is 99.3 cm³/mol. The summed E-state index contributed by atoms with van der Waals surface area (Å²) < 4.78 is 0. The summed E-state index contributed by atoms with van der Waals surface area (Å²) in [5.74, 6) is 0. The summed E-state index contributed by atoms with van der Waals surface area (Å²) in [5, 5.41) is 0. The van der Waals surface area contributed by atoms with Crippen LogP contribution in [0.5, 0.6) is 0 Å². The summed E-state index contributed by atoms with van der Waals surface area (Å²) in [5.41, 5.74) is 15.2. The Morgan fingerprint density at radius 2 is 1.61 bits per heavy atom. The molecular weight excluding hydrogens is 278 g/mol. The summed E-state index contributed by atoms with van der Waals surface area (Å²) >= 11 is 0. The van der Waals surface area contributed by atoms with E-state index in [9.17, 15) is 0 Å². The minimum absolute atomic E-state index is 0.607. The molecule has 1 aliphatic rings. The molecule has 0 fully saturated rings. The van der Waals surface area contributed by atoms with E-state index in [-0.39, 0.29) is 0 Å². The van der Waals surface area contributed by atoms with Crippen molar-refractivity contribution in [1.29, 1.82) is 0 Å². The third kappa shape index (κ3) is 3.62. The molecule has 0 radical (unpaired) electrons. The lowest BCUT2D eigenvalue weighted by Gasteiger charge is -2.16. The van der Waals surface area contributed by atoms with Gasteiger partial charge in [-0.05, 0) is 66.5 Å². The second-order valence-corrected chi connectivity index (χ2v) is 6.48. The largest absolute Gasteiger partial charge is 0.326 e. The number of allylic oxidation sites excluding steroid dienone is 4. The molecule has 0 bridgehead atoms. The van der Waals surface area contributed by atoms with Crippen LogP contribution in [0.15, 0.2) is 60.2 Å². The van der Waals surface area contributed by atoms with Gasteiger partial charge in [-0.3, -0.25) is 0 Å². The van der Waals surface area contributed by atoms with Gasteiger partial charge in [0.05, 0.1) is 0 Å². The molecule has 3 rings (SSSR count). The van der Waals surface area contributed by atoms with Crippen LogP contribution in [0, 0.1) is 6.92 Å². The van der Waals surface area contributed by atoms with E-state index in [1.54, 1.807) is 0 Å². The van der Waals surface area contributed by atoms with Crippen molar-refractivity contribution in [2.75, 3.05) is 0 Å². The Hall–Kier alpha value is -2.12. The Labute approximate surface area is 139 Å². The average Bonchev–Trinajstić information content (AvgIpc) is 2.57. The van der Waals surface area contributed by atoms with Gasteiger partial charge in [0.25, 0.3) is 0 Å². The van der Waals surface area contributed by atoms with E-state index in [1.807, 2.05) is 0 Å². The molecule has 0 unspecified atom stereocenters. The first-order chi connectivity index (χ1) is 11.2. The molecule has 1 aliphatic carbocycles. The molecule has 0 saturated heterocycles. The Bertz CT molecular complexity index is 748. The van der Waals surface area contributed by atoms with E-state index < -0.39 is 0 Å². The van der Waals surface area contributed by atoms with E-state index in [2.05, 4.69) is 68.5 Å². The quantitative estimate of drug-likeness (QED) is 0.828. The molecule has 0 atom stereocenters. The second kappa shape index (κ2) is 6.97. The molecule has 0 spiro atoms. The molecule has 0 amide bonds. The van der Waals surface area contributed by atoms with E-state index >= 15 is 0 Å². The number of nitrogens with two attached hydrogens (primary N) is 1. The number of hydrogen-bond donors (Lipinski definition) is 1. The van der Waals surface area contributed by atoms with Gasteiger partial charge in [0.15, 0.2) is 0 Å². The Morgan fingerprint density at radius 1 is 0.913 bits per heavy atom. The zero-order chi connectivity index (χ0) is 16.2. The van der Waals surface area contributed by atoms with Crippen molar-refractivity contribution in [1.82, 2.24) is 0 Å². The van der Waals surface area contributed by atoms with Crippen LogP contribution in [0.4, 0.5) is 0 Å². The highest BCUT2D eigenvalue weighted by molar-refractivity contribution is 5.79. The number of benzene rings is 2. The Kier molecular flexibility index (Phi) is 4.78. The molecule has 2 N–H and O–H groups in total. The molecular formula is C22H25N. The first-order valence-corrected chi connectivity index (χ1v) is 8.41. The van der Waals surface area contributed by atoms with Gasteiger partial charge in [-0.1, -0.05) is 60.2 Å². The zero-order valence-electron chi connectivity index (χ0n) is 14.1. The standard InChI is InChI=1S/C22H25N/c1-16-5-3-4-6-21(16)22-12-11-20(13-17(22)2)14-18-7-9-19(15-23)10-8-18/h4,6-13H,3,5,14-15,23H2,1-2H3. The lowest BCUT2D eigenvalue weighted by molar-refractivity contribution is 0.966. The number of hydrogen-bond acceptors (Lipinski definition) is 1. The second-order valence-electron chi connectivity index (χ2n) is 6.48. The highest BCUT2D eigenvalue weighted by Crippen LogP contribution is 2.30. The number of aryl methyl sites for hydroxylation is 1. The molecule has 0 aliphatic heterocycles. The van der Waals surface area contributed by atoms with Gasteiger partial charge in [-0.25, -0.2) is 0 Å². The lowest BCUT2D eigenvalue weighted by Crippen LogP contribution is -1.98. The van der Waals surface area contributed by atoms with E-state index in [1.165, 1.54) is 51.8 Å². The first kappa shape index (κ1) is 15.8. The van der Waals surface area contributed by atoms with Crippen molar-refractivity contribution in [3.8, 4) is 0 Å². The van der Waals surface area contributed by atoms with Crippen LogP contribution in [0.25, 0.3) is 5.57 Å². The van der Waals surface area contributed by atoms with Crippen LogP contribution >= 0.6 is 0 Å². The maximum absolute atomic E-state index is 5.66. The highest BCUT2D eigenvalue weighted by atomic mass is 14.5. The highest BCUT2D eigenvalue weighted by Gasteiger charge is 2.09. The third-order valence-corrected chi connectivity index (χ3v) is 4.68. The molecule has 23 heavy (non-hydrogen) atoms. The summed E-state index contributed by atoms with van der Waals surface area (Å²) in [6, 6.07) is 15.5. The van der Waals surface area contributed by atoms with Crippen LogP contribution in [-0.4, -0.2) is 0 Å². The molecule has 2 aromatic rings. The van der Waals surface area contributed by atoms with E-state index in [4.69, 9.17) is 5.73 Å². The zero-order valence-corrected chi connectivity index (χ0v) is 14.1. The van der Waals surface area contributed by atoms with Crippen molar-refractivity contribution in [3.63, 3.8) is 0 Å². The van der Waals surface area contributed by atoms with Gasteiger partial charge in [-0.2, -0.15) is 0 Å². The number of rotatable bonds is 4. The Balaban J connectivity index is 1.83. The van der Waals surface area contributed by atoms with Gasteiger partial charge in [-0.15, -0.1) is 0 Å². The normalized spacial score (nSPS) is 14.4. The van der Waals surface area contributed by atoms with Gasteiger partial charge in [0, 0.05) is 6.54 Å². The average molecular weight is 303 g/mol. The minimum Gasteiger partial charge on any atom is -0.326 e. The molecule has 0 aromatic heterocycles. The minimum atomic E-state index is 0.607. The third-order valence-electron chi connectivity index (χ3n) is 4.68. The van der Waals surface area contributed by atoms with Gasteiger partial charge >= 0.3 is 0 Å². The molecule has 0 saturated carbocycles. The van der Waals surface area contributed by atoms with Crippen LogP contribution < -0.4 is 5.73 Å². The molecule has 1 nitrogen and oxygen atoms in total. The summed E-state index contributed by atoms with van der Waals surface area (Å²) in [4.78, 5) is 0. The Morgan fingerprint density at radius 3 is 2.26 bits per heavy atom. The fourth-order valence-electron chi connectivity index (χ4n) is 3.26. The fraction of sp³-hybridized carbons (Fsp3) is 0.273. The van der Waals surface area contributed by atoms with Crippen molar-refractivity contribution < 1.29 is 0 Å².